The molecule has 4 nitrogen and oxygen atoms in total. The topological polar surface area (TPSA) is 55.8 Å². The van der Waals surface area contributed by atoms with Crippen molar-refractivity contribution >= 4 is 5.97 Å². The normalized spacial score (nSPS) is 35.5. The highest BCUT2D eigenvalue weighted by Gasteiger charge is 2.42. The summed E-state index contributed by atoms with van der Waals surface area (Å²) in [5, 5.41) is 8.98. The molecule has 15 heavy (non-hydrogen) atoms. The maximum absolute atomic E-state index is 10.9. The molecule has 1 aliphatic rings. The first-order chi connectivity index (χ1) is 7.10. The molecule has 0 spiro atoms. The molecule has 0 bridgehead atoms. The van der Waals surface area contributed by atoms with E-state index in [1.807, 2.05) is 13.8 Å². The average molecular weight is 216 g/mol. The van der Waals surface area contributed by atoms with E-state index in [1.165, 1.54) is 6.92 Å². The van der Waals surface area contributed by atoms with Crippen LogP contribution in [0.15, 0.2) is 0 Å². The Kier molecular flexibility index (Phi) is 4.54. The largest absolute Gasteiger partial charge is 0.459 e. The van der Waals surface area contributed by atoms with Crippen molar-refractivity contribution in [1.82, 2.24) is 0 Å². The highest BCUT2D eigenvalue weighted by molar-refractivity contribution is 5.66. The molecule has 1 heterocycles. The lowest BCUT2D eigenvalue weighted by molar-refractivity contribution is -0.150. The highest BCUT2D eigenvalue weighted by atomic mass is 16.6. The Morgan fingerprint density at radius 3 is 2.67 bits per heavy atom. The number of rotatable bonds is 4. The summed E-state index contributed by atoms with van der Waals surface area (Å²) in [6.07, 6.45) is 1.32. The summed E-state index contributed by atoms with van der Waals surface area (Å²) in [4.78, 5) is 10.9. The van der Waals surface area contributed by atoms with Gasteiger partial charge >= 0.3 is 5.97 Å². The third kappa shape index (κ3) is 2.92. The molecule has 4 atom stereocenters. The minimum absolute atomic E-state index is 0.0737. The first kappa shape index (κ1) is 12.5. The van der Waals surface area contributed by atoms with Crippen LogP contribution in [0.4, 0.5) is 0 Å². The van der Waals surface area contributed by atoms with Crippen molar-refractivity contribution in [2.45, 2.75) is 51.9 Å². The zero-order valence-electron chi connectivity index (χ0n) is 9.60. The van der Waals surface area contributed by atoms with Gasteiger partial charge in [0.15, 0.2) is 0 Å². The Morgan fingerprint density at radius 1 is 1.53 bits per heavy atom. The van der Waals surface area contributed by atoms with Gasteiger partial charge in [-0.15, -0.1) is 0 Å². The lowest BCUT2D eigenvalue weighted by Gasteiger charge is -2.21. The minimum Gasteiger partial charge on any atom is -0.459 e. The minimum atomic E-state index is -0.282. The summed E-state index contributed by atoms with van der Waals surface area (Å²) < 4.78 is 10.9. The first-order valence-electron chi connectivity index (χ1n) is 5.53. The predicted octanol–water partition coefficient (Wildman–Crippen LogP) is 1.11. The third-order valence-corrected chi connectivity index (χ3v) is 2.92. The van der Waals surface area contributed by atoms with Crippen LogP contribution in [0.1, 0.15) is 33.6 Å². The van der Waals surface area contributed by atoms with E-state index in [9.17, 15) is 4.79 Å². The SMILES string of the molecule is CC[C@H]1O[C@@H](C)[C@@H](OC(C)=O)C1CCO. The van der Waals surface area contributed by atoms with Gasteiger partial charge in [-0.2, -0.15) is 0 Å². The van der Waals surface area contributed by atoms with Crippen molar-refractivity contribution < 1.29 is 19.4 Å². The van der Waals surface area contributed by atoms with Gasteiger partial charge in [0, 0.05) is 19.4 Å². The maximum atomic E-state index is 10.9. The Labute approximate surface area is 90.6 Å². The standard InChI is InChI=1S/C11H20O4/c1-4-10-9(5-6-12)11(7(2)14-10)15-8(3)13/h7,9-12H,4-6H2,1-3H3/t7-,9?,10+,11+/m0/s1. The van der Waals surface area contributed by atoms with Crippen LogP contribution >= 0.6 is 0 Å². The summed E-state index contributed by atoms with van der Waals surface area (Å²) in [5.74, 6) is -0.158. The molecule has 4 heteroatoms. The number of carbonyl (C=O) groups is 1. The van der Waals surface area contributed by atoms with Crippen LogP contribution in [0.3, 0.4) is 0 Å². The van der Waals surface area contributed by atoms with Crippen molar-refractivity contribution in [3.63, 3.8) is 0 Å². The first-order valence-corrected chi connectivity index (χ1v) is 5.53. The van der Waals surface area contributed by atoms with E-state index in [0.29, 0.717) is 6.42 Å². The number of carbonyl (C=O) groups excluding carboxylic acids is 1. The Hall–Kier alpha value is -0.610. The van der Waals surface area contributed by atoms with E-state index in [2.05, 4.69) is 0 Å². The fourth-order valence-electron chi connectivity index (χ4n) is 2.29. The second kappa shape index (κ2) is 5.47. The average Bonchev–Trinajstić information content (AvgIpc) is 2.45. The molecule has 0 amide bonds. The molecule has 1 aliphatic heterocycles. The number of hydrogen-bond donors (Lipinski definition) is 1. The van der Waals surface area contributed by atoms with E-state index in [0.717, 1.165) is 6.42 Å². The van der Waals surface area contributed by atoms with Crippen molar-refractivity contribution in [3.05, 3.63) is 0 Å². The van der Waals surface area contributed by atoms with Crippen molar-refractivity contribution in [1.29, 1.82) is 0 Å². The summed E-state index contributed by atoms with van der Waals surface area (Å²) >= 11 is 0. The number of ether oxygens (including phenoxy) is 2. The van der Waals surface area contributed by atoms with E-state index >= 15 is 0 Å². The summed E-state index contributed by atoms with van der Waals surface area (Å²) in [5.41, 5.74) is 0. The van der Waals surface area contributed by atoms with Gasteiger partial charge in [0.25, 0.3) is 0 Å². The molecule has 0 aromatic carbocycles. The maximum Gasteiger partial charge on any atom is 0.303 e. The summed E-state index contributed by atoms with van der Waals surface area (Å²) in [6.45, 7) is 5.46. The zero-order valence-corrected chi connectivity index (χ0v) is 9.60. The van der Waals surface area contributed by atoms with E-state index < -0.39 is 0 Å². The van der Waals surface area contributed by atoms with Gasteiger partial charge in [-0.3, -0.25) is 4.79 Å². The van der Waals surface area contributed by atoms with Crippen LogP contribution in [0.5, 0.6) is 0 Å². The molecule has 0 aliphatic carbocycles. The number of aliphatic hydroxyl groups excluding tert-OH is 1. The fourth-order valence-corrected chi connectivity index (χ4v) is 2.29. The summed E-state index contributed by atoms with van der Waals surface area (Å²) in [6, 6.07) is 0. The molecule has 1 saturated heterocycles. The van der Waals surface area contributed by atoms with Gasteiger partial charge in [0.05, 0.1) is 12.2 Å². The van der Waals surface area contributed by atoms with Gasteiger partial charge in [0.1, 0.15) is 6.10 Å². The molecule has 88 valence electrons. The van der Waals surface area contributed by atoms with Crippen molar-refractivity contribution in [2.75, 3.05) is 6.61 Å². The van der Waals surface area contributed by atoms with Crippen LogP contribution in [0.25, 0.3) is 0 Å². The second-order valence-corrected chi connectivity index (χ2v) is 4.04. The van der Waals surface area contributed by atoms with Crippen LogP contribution in [-0.4, -0.2) is 36.0 Å². The van der Waals surface area contributed by atoms with Gasteiger partial charge in [-0.25, -0.2) is 0 Å². The molecule has 0 radical (unpaired) electrons. The molecule has 1 N–H and O–H groups in total. The number of aliphatic hydroxyl groups is 1. The van der Waals surface area contributed by atoms with Gasteiger partial charge < -0.3 is 14.6 Å². The molecule has 0 aromatic heterocycles. The Balaban J connectivity index is 2.67. The molecule has 1 fully saturated rings. The molecule has 1 rings (SSSR count). The van der Waals surface area contributed by atoms with Crippen molar-refractivity contribution in [3.8, 4) is 0 Å². The van der Waals surface area contributed by atoms with E-state index in [1.54, 1.807) is 0 Å². The molecule has 0 aromatic rings. The van der Waals surface area contributed by atoms with Gasteiger partial charge in [-0.05, 0) is 19.8 Å². The highest BCUT2D eigenvalue weighted by Crippen LogP contribution is 2.33. The van der Waals surface area contributed by atoms with Crippen LogP contribution in [0.2, 0.25) is 0 Å². The van der Waals surface area contributed by atoms with Gasteiger partial charge in [0.2, 0.25) is 0 Å². The van der Waals surface area contributed by atoms with Gasteiger partial charge in [-0.1, -0.05) is 6.92 Å². The predicted molar refractivity (Wildman–Crippen MR) is 55.4 cm³/mol. The quantitative estimate of drug-likeness (QED) is 0.715. The van der Waals surface area contributed by atoms with Crippen LogP contribution < -0.4 is 0 Å². The molecular formula is C11H20O4. The summed E-state index contributed by atoms with van der Waals surface area (Å²) in [7, 11) is 0. The zero-order chi connectivity index (χ0) is 11.4. The van der Waals surface area contributed by atoms with E-state index in [4.69, 9.17) is 14.6 Å². The Morgan fingerprint density at radius 2 is 2.20 bits per heavy atom. The van der Waals surface area contributed by atoms with E-state index in [-0.39, 0.29) is 36.8 Å². The molecule has 1 unspecified atom stereocenters. The smallest absolute Gasteiger partial charge is 0.303 e. The number of hydrogen-bond acceptors (Lipinski definition) is 4. The fraction of sp³-hybridized carbons (Fsp3) is 0.909. The third-order valence-electron chi connectivity index (χ3n) is 2.92. The lowest BCUT2D eigenvalue weighted by atomic mass is 9.92. The van der Waals surface area contributed by atoms with Crippen LogP contribution in [0, 0.1) is 5.92 Å². The monoisotopic (exact) mass is 216 g/mol. The van der Waals surface area contributed by atoms with Crippen LogP contribution in [-0.2, 0) is 14.3 Å². The molecule has 0 saturated carbocycles. The lowest BCUT2D eigenvalue weighted by Crippen LogP contribution is -2.31. The Bertz CT molecular complexity index is 217. The molecular weight excluding hydrogens is 196 g/mol. The second-order valence-electron chi connectivity index (χ2n) is 4.04. The van der Waals surface area contributed by atoms with Crippen molar-refractivity contribution in [2.24, 2.45) is 5.92 Å². The number of esters is 1.